The van der Waals surface area contributed by atoms with Crippen molar-refractivity contribution < 1.29 is 18.1 Å². The third-order valence-corrected chi connectivity index (χ3v) is 8.88. The van der Waals surface area contributed by atoms with Gasteiger partial charge in [-0.1, -0.05) is 39.4 Å². The van der Waals surface area contributed by atoms with Crippen LogP contribution in [0.3, 0.4) is 0 Å². The Morgan fingerprint density at radius 1 is 1.05 bits per heavy atom. The number of halogens is 1. The standard InChI is InChI=1S/C27H22BrN5O5S2/c1-3-15-31(16-4-2)40(37,38)23-12-7-20(8-13-23)26(34)32(27-30-24-14-9-21(28)17-25(24)39-27)29-18-19-5-10-22(11-6-19)33(35)36/h3-14,17-18H,1-2,15-16H2/b29-18+. The number of fused-ring (bicyclic) bond motifs is 1. The zero-order valence-electron chi connectivity index (χ0n) is 20.9. The van der Waals surface area contributed by atoms with Crippen molar-refractivity contribution in [1.82, 2.24) is 9.29 Å². The number of nitrogens with zero attached hydrogens (tertiary/aromatic N) is 5. The van der Waals surface area contributed by atoms with Crippen LogP contribution in [0.4, 0.5) is 10.8 Å². The van der Waals surface area contributed by atoms with E-state index in [1.54, 1.807) is 6.07 Å². The Labute approximate surface area is 242 Å². The van der Waals surface area contributed by atoms with Gasteiger partial charge in [0.2, 0.25) is 15.2 Å². The number of hydrogen-bond donors (Lipinski definition) is 0. The van der Waals surface area contributed by atoms with Gasteiger partial charge in [0.25, 0.3) is 11.6 Å². The number of non-ortho nitro benzene ring substituents is 1. The molecule has 4 rings (SSSR count). The second-order valence-electron chi connectivity index (χ2n) is 8.24. The van der Waals surface area contributed by atoms with Crippen LogP contribution in [0.25, 0.3) is 10.2 Å². The molecule has 0 aliphatic carbocycles. The van der Waals surface area contributed by atoms with Crippen LogP contribution in [0.2, 0.25) is 0 Å². The Kier molecular flexibility index (Phi) is 9.00. The topological polar surface area (TPSA) is 126 Å². The molecule has 204 valence electrons. The summed E-state index contributed by atoms with van der Waals surface area (Å²) in [5.74, 6) is -0.547. The molecule has 40 heavy (non-hydrogen) atoms. The van der Waals surface area contributed by atoms with E-state index in [-0.39, 0.29) is 34.4 Å². The van der Waals surface area contributed by atoms with E-state index in [9.17, 15) is 23.3 Å². The number of rotatable bonds is 11. The SMILES string of the molecule is C=CCN(CC=C)S(=O)(=O)c1ccc(C(=O)N(/N=C/c2ccc([N+](=O)[O-])cc2)c2nc3ccc(Br)cc3s2)cc1. The number of aromatic nitrogens is 1. The van der Waals surface area contributed by atoms with Gasteiger partial charge >= 0.3 is 0 Å². The van der Waals surface area contributed by atoms with Gasteiger partial charge in [0.05, 0.1) is 26.3 Å². The molecule has 1 aromatic heterocycles. The fourth-order valence-corrected chi connectivity index (χ4v) is 6.43. The number of benzene rings is 3. The highest BCUT2D eigenvalue weighted by Crippen LogP contribution is 2.32. The van der Waals surface area contributed by atoms with Crippen molar-refractivity contribution >= 4 is 70.4 Å². The van der Waals surface area contributed by atoms with Crippen LogP contribution in [0, 0.1) is 10.1 Å². The minimum atomic E-state index is -3.84. The van der Waals surface area contributed by atoms with E-state index in [4.69, 9.17) is 0 Å². The van der Waals surface area contributed by atoms with E-state index < -0.39 is 20.9 Å². The molecule has 0 unspecified atom stereocenters. The molecule has 0 radical (unpaired) electrons. The highest BCUT2D eigenvalue weighted by molar-refractivity contribution is 9.10. The van der Waals surface area contributed by atoms with Crippen LogP contribution in [0.1, 0.15) is 15.9 Å². The summed E-state index contributed by atoms with van der Waals surface area (Å²) >= 11 is 4.68. The molecule has 0 spiro atoms. The summed E-state index contributed by atoms with van der Waals surface area (Å²) in [6.07, 6.45) is 4.36. The van der Waals surface area contributed by atoms with Gasteiger partial charge in [0.15, 0.2) is 0 Å². The van der Waals surface area contributed by atoms with E-state index in [1.165, 1.54) is 82.5 Å². The molecular formula is C27H22BrN5O5S2. The lowest BCUT2D eigenvalue weighted by atomic mass is 10.2. The number of anilines is 1. The summed E-state index contributed by atoms with van der Waals surface area (Å²) in [6, 6.07) is 16.7. The maximum absolute atomic E-state index is 13.6. The second-order valence-corrected chi connectivity index (χ2v) is 12.1. The molecule has 0 bridgehead atoms. The number of hydrazone groups is 1. The molecule has 1 heterocycles. The number of sulfonamides is 1. The third-order valence-electron chi connectivity index (χ3n) is 5.54. The Bertz CT molecular complexity index is 1710. The van der Waals surface area contributed by atoms with Gasteiger partial charge < -0.3 is 0 Å². The molecule has 0 saturated carbocycles. The highest BCUT2D eigenvalue weighted by atomic mass is 79.9. The van der Waals surface area contributed by atoms with Gasteiger partial charge in [-0.3, -0.25) is 14.9 Å². The van der Waals surface area contributed by atoms with Crippen LogP contribution in [0.15, 0.2) is 107 Å². The predicted molar refractivity (Wildman–Crippen MR) is 160 cm³/mol. The number of amides is 1. The molecule has 0 aliphatic rings. The van der Waals surface area contributed by atoms with Crippen molar-refractivity contribution in [3.63, 3.8) is 0 Å². The Morgan fingerprint density at radius 3 is 2.30 bits per heavy atom. The monoisotopic (exact) mass is 639 g/mol. The van der Waals surface area contributed by atoms with Gasteiger partial charge in [-0.25, -0.2) is 13.4 Å². The first-order valence-electron chi connectivity index (χ1n) is 11.6. The fourth-order valence-electron chi connectivity index (χ4n) is 3.57. The van der Waals surface area contributed by atoms with Crippen molar-refractivity contribution in [1.29, 1.82) is 0 Å². The summed E-state index contributed by atoms with van der Waals surface area (Å²) in [5, 5.41) is 16.7. The summed E-state index contributed by atoms with van der Waals surface area (Å²) < 4.78 is 29.0. The molecule has 0 fully saturated rings. The maximum Gasteiger partial charge on any atom is 0.280 e. The van der Waals surface area contributed by atoms with Crippen LogP contribution < -0.4 is 5.01 Å². The maximum atomic E-state index is 13.6. The molecule has 0 saturated heterocycles. The fraction of sp³-hybridized carbons (Fsp3) is 0.0741. The lowest BCUT2D eigenvalue weighted by Crippen LogP contribution is -2.31. The smallest absolute Gasteiger partial charge is 0.267 e. The lowest BCUT2D eigenvalue weighted by molar-refractivity contribution is -0.384. The van der Waals surface area contributed by atoms with E-state index in [0.717, 1.165) is 14.2 Å². The molecule has 1 amide bonds. The zero-order chi connectivity index (χ0) is 28.9. The minimum Gasteiger partial charge on any atom is -0.267 e. The van der Waals surface area contributed by atoms with Crippen molar-refractivity contribution in [3.8, 4) is 0 Å². The number of nitro groups is 1. The van der Waals surface area contributed by atoms with Gasteiger partial charge in [0.1, 0.15) is 0 Å². The van der Waals surface area contributed by atoms with Crippen LogP contribution in [-0.4, -0.2) is 47.8 Å². The molecular weight excluding hydrogens is 618 g/mol. The normalized spacial score (nSPS) is 11.7. The van der Waals surface area contributed by atoms with E-state index in [0.29, 0.717) is 11.1 Å². The van der Waals surface area contributed by atoms with Crippen LogP contribution >= 0.6 is 27.3 Å². The predicted octanol–water partition coefficient (Wildman–Crippen LogP) is 6.01. The number of hydrogen-bond acceptors (Lipinski definition) is 8. The van der Waals surface area contributed by atoms with Crippen LogP contribution in [0.5, 0.6) is 0 Å². The van der Waals surface area contributed by atoms with Gasteiger partial charge in [-0.05, 0) is 60.2 Å². The third kappa shape index (κ3) is 6.39. The summed E-state index contributed by atoms with van der Waals surface area (Å²) in [6.45, 7) is 7.42. The summed E-state index contributed by atoms with van der Waals surface area (Å²) in [4.78, 5) is 28.7. The van der Waals surface area contributed by atoms with Gasteiger partial charge in [0, 0.05) is 35.3 Å². The number of carbonyl (C=O) groups excluding carboxylic acids is 1. The molecule has 0 aliphatic heterocycles. The first kappa shape index (κ1) is 29.0. The Hall–Kier alpha value is -4.04. The molecule has 0 atom stereocenters. The quantitative estimate of drug-likeness (QED) is 0.0856. The first-order valence-corrected chi connectivity index (χ1v) is 14.7. The van der Waals surface area contributed by atoms with Gasteiger partial charge in [-0.2, -0.15) is 14.4 Å². The molecule has 3 aromatic carbocycles. The van der Waals surface area contributed by atoms with Crippen LogP contribution in [-0.2, 0) is 10.0 Å². The second kappa shape index (κ2) is 12.4. The largest absolute Gasteiger partial charge is 0.280 e. The summed E-state index contributed by atoms with van der Waals surface area (Å²) in [7, 11) is -3.84. The van der Waals surface area contributed by atoms with E-state index in [2.05, 4.69) is 39.2 Å². The minimum absolute atomic E-state index is 0.0125. The summed E-state index contributed by atoms with van der Waals surface area (Å²) in [5.41, 5.74) is 1.30. The average Bonchev–Trinajstić information content (AvgIpc) is 3.36. The molecule has 0 N–H and O–H groups in total. The Morgan fingerprint density at radius 2 is 1.70 bits per heavy atom. The molecule has 4 aromatic rings. The Balaban J connectivity index is 1.70. The average molecular weight is 641 g/mol. The zero-order valence-corrected chi connectivity index (χ0v) is 24.1. The lowest BCUT2D eigenvalue weighted by Gasteiger charge is -2.19. The van der Waals surface area contributed by atoms with Crippen molar-refractivity contribution in [2.45, 2.75) is 4.90 Å². The molecule has 13 heteroatoms. The van der Waals surface area contributed by atoms with Crippen molar-refractivity contribution in [2.75, 3.05) is 18.1 Å². The van der Waals surface area contributed by atoms with E-state index >= 15 is 0 Å². The van der Waals surface area contributed by atoms with Crippen molar-refractivity contribution in [2.24, 2.45) is 5.10 Å². The number of nitro benzene ring substituents is 1. The first-order chi connectivity index (χ1) is 19.1. The molecule has 10 nitrogen and oxygen atoms in total. The number of carbonyl (C=O) groups is 1. The van der Waals surface area contributed by atoms with Gasteiger partial charge in [-0.15, -0.1) is 13.2 Å². The van der Waals surface area contributed by atoms with Crippen molar-refractivity contribution in [3.05, 3.63) is 118 Å². The number of thiazole rings is 1. The van der Waals surface area contributed by atoms with E-state index in [1.807, 2.05) is 12.1 Å². The highest BCUT2D eigenvalue weighted by Gasteiger charge is 2.25.